The van der Waals surface area contributed by atoms with Gasteiger partial charge >= 0.3 is 0 Å². The molecule has 5 nitrogen and oxygen atoms in total. The van der Waals surface area contributed by atoms with E-state index in [1.54, 1.807) is 7.11 Å². The fraction of sp³-hybridized carbons (Fsp3) is 0.316. The van der Waals surface area contributed by atoms with E-state index in [1.807, 2.05) is 55.6 Å². The predicted octanol–water partition coefficient (Wildman–Crippen LogP) is 2.82. The largest absolute Gasteiger partial charge is 0.497 e. The number of rotatable bonds is 7. The van der Waals surface area contributed by atoms with Crippen LogP contribution in [-0.2, 0) is 11.3 Å². The number of ether oxygens (including phenoxy) is 1. The quantitative estimate of drug-likeness (QED) is 0.820. The first kappa shape index (κ1) is 18.0. The highest BCUT2D eigenvalue weighted by molar-refractivity contribution is 5.88. The topological polar surface area (TPSA) is 61.8 Å². The summed E-state index contributed by atoms with van der Waals surface area (Å²) in [6.45, 7) is 2.22. The number of carbonyl (C=O) groups excluding carboxylic acids is 1. The van der Waals surface area contributed by atoms with Gasteiger partial charge < -0.3 is 15.2 Å². The van der Waals surface area contributed by atoms with Crippen LogP contribution in [0.3, 0.4) is 0 Å². The highest BCUT2D eigenvalue weighted by Crippen LogP contribution is 2.23. The van der Waals surface area contributed by atoms with Crippen LogP contribution in [0.15, 0.2) is 48.5 Å². The maximum absolute atomic E-state index is 11.1. The smallest absolute Gasteiger partial charge is 0.221 e. The van der Waals surface area contributed by atoms with Crippen molar-refractivity contribution in [3.63, 3.8) is 0 Å². The summed E-state index contributed by atoms with van der Waals surface area (Å²) in [6.07, 6.45) is 0. The molecule has 0 bridgehead atoms. The van der Waals surface area contributed by atoms with Gasteiger partial charge in [-0.2, -0.15) is 0 Å². The molecule has 0 saturated heterocycles. The minimum Gasteiger partial charge on any atom is -0.497 e. The Kier molecular flexibility index (Phi) is 6.35. The van der Waals surface area contributed by atoms with Gasteiger partial charge in [-0.25, -0.2) is 0 Å². The van der Waals surface area contributed by atoms with E-state index in [0.29, 0.717) is 6.54 Å². The zero-order chi connectivity index (χ0) is 17.5. The lowest BCUT2D eigenvalue weighted by atomic mass is 10.1. The van der Waals surface area contributed by atoms with Crippen LogP contribution in [0.1, 0.15) is 24.1 Å². The van der Waals surface area contributed by atoms with E-state index in [-0.39, 0.29) is 18.6 Å². The molecule has 2 rings (SSSR count). The van der Waals surface area contributed by atoms with Crippen molar-refractivity contribution in [3.05, 3.63) is 59.7 Å². The molecular weight excluding hydrogens is 304 g/mol. The summed E-state index contributed by atoms with van der Waals surface area (Å²) >= 11 is 0. The molecule has 2 aromatic carbocycles. The van der Waals surface area contributed by atoms with E-state index in [0.717, 1.165) is 22.6 Å². The van der Waals surface area contributed by atoms with Crippen LogP contribution in [0.5, 0.6) is 5.75 Å². The van der Waals surface area contributed by atoms with Crippen molar-refractivity contribution in [2.45, 2.75) is 19.5 Å². The van der Waals surface area contributed by atoms with Gasteiger partial charge in [0.25, 0.3) is 0 Å². The lowest BCUT2D eigenvalue weighted by molar-refractivity contribution is -0.114. The molecule has 5 heteroatoms. The van der Waals surface area contributed by atoms with Gasteiger partial charge in [0.15, 0.2) is 0 Å². The Morgan fingerprint density at radius 2 is 1.79 bits per heavy atom. The summed E-state index contributed by atoms with van der Waals surface area (Å²) in [5.41, 5.74) is 2.93. The summed E-state index contributed by atoms with van der Waals surface area (Å²) < 4.78 is 5.17. The first-order chi connectivity index (χ1) is 11.5. The Morgan fingerprint density at radius 3 is 2.29 bits per heavy atom. The Balaban J connectivity index is 2.05. The van der Waals surface area contributed by atoms with Gasteiger partial charge in [0.05, 0.1) is 19.8 Å². The van der Waals surface area contributed by atoms with Gasteiger partial charge in [0.2, 0.25) is 5.91 Å². The Bertz CT molecular complexity index is 653. The van der Waals surface area contributed by atoms with Crippen LogP contribution < -0.4 is 10.1 Å². The molecule has 2 N–H and O–H groups in total. The summed E-state index contributed by atoms with van der Waals surface area (Å²) in [5.74, 6) is 0.714. The van der Waals surface area contributed by atoms with E-state index in [2.05, 4.69) is 10.2 Å². The van der Waals surface area contributed by atoms with Crippen LogP contribution in [0.25, 0.3) is 0 Å². The molecule has 0 saturated carbocycles. The minimum absolute atomic E-state index is 0.0345. The van der Waals surface area contributed by atoms with Crippen molar-refractivity contribution in [1.82, 2.24) is 4.90 Å². The van der Waals surface area contributed by atoms with Crippen molar-refractivity contribution in [2.24, 2.45) is 0 Å². The van der Waals surface area contributed by atoms with Crippen molar-refractivity contribution in [1.29, 1.82) is 0 Å². The lowest BCUT2D eigenvalue weighted by Gasteiger charge is -2.27. The van der Waals surface area contributed by atoms with Gasteiger partial charge in [0, 0.05) is 19.2 Å². The van der Waals surface area contributed by atoms with Crippen molar-refractivity contribution in [3.8, 4) is 5.75 Å². The number of amides is 1. The predicted molar refractivity (Wildman–Crippen MR) is 95.0 cm³/mol. The van der Waals surface area contributed by atoms with Crippen LogP contribution in [0.2, 0.25) is 0 Å². The number of hydrogen-bond donors (Lipinski definition) is 2. The molecule has 1 unspecified atom stereocenters. The average Bonchev–Trinajstić information content (AvgIpc) is 2.57. The number of nitrogens with zero attached hydrogens (tertiary/aromatic N) is 1. The number of hydrogen-bond acceptors (Lipinski definition) is 4. The molecule has 0 heterocycles. The molecular formula is C19H24N2O3. The Morgan fingerprint density at radius 1 is 1.17 bits per heavy atom. The third-order valence-electron chi connectivity index (χ3n) is 3.91. The molecule has 0 aliphatic carbocycles. The highest BCUT2D eigenvalue weighted by atomic mass is 16.5. The Labute approximate surface area is 142 Å². The van der Waals surface area contributed by atoms with Crippen molar-refractivity contribution in [2.75, 3.05) is 26.1 Å². The summed E-state index contributed by atoms with van der Waals surface area (Å²) in [4.78, 5) is 13.1. The number of aliphatic hydroxyl groups excluding tert-OH is 1. The lowest BCUT2D eigenvalue weighted by Crippen LogP contribution is -2.26. The molecule has 0 spiro atoms. The van der Waals surface area contributed by atoms with E-state index in [4.69, 9.17) is 4.74 Å². The van der Waals surface area contributed by atoms with Gasteiger partial charge in [-0.3, -0.25) is 9.69 Å². The fourth-order valence-corrected chi connectivity index (χ4v) is 2.62. The minimum atomic E-state index is -0.0917. The zero-order valence-corrected chi connectivity index (χ0v) is 14.3. The number of carbonyl (C=O) groups is 1. The van der Waals surface area contributed by atoms with E-state index < -0.39 is 0 Å². The first-order valence-electron chi connectivity index (χ1n) is 7.85. The zero-order valence-electron chi connectivity index (χ0n) is 14.3. The second-order valence-electron chi connectivity index (χ2n) is 5.76. The molecule has 0 fully saturated rings. The molecule has 2 aromatic rings. The second-order valence-corrected chi connectivity index (χ2v) is 5.76. The molecule has 24 heavy (non-hydrogen) atoms. The molecule has 128 valence electrons. The van der Waals surface area contributed by atoms with E-state index >= 15 is 0 Å². The third kappa shape index (κ3) is 4.81. The van der Waals surface area contributed by atoms with Crippen molar-refractivity contribution < 1.29 is 14.6 Å². The number of nitrogens with one attached hydrogen (secondary N) is 1. The summed E-state index contributed by atoms with van der Waals surface area (Å²) in [6, 6.07) is 15.4. The maximum Gasteiger partial charge on any atom is 0.221 e. The summed E-state index contributed by atoms with van der Waals surface area (Å²) in [7, 11) is 3.61. The number of aliphatic hydroxyl groups is 1. The van der Waals surface area contributed by atoms with Crippen molar-refractivity contribution >= 4 is 11.6 Å². The Hall–Kier alpha value is -2.37. The second kappa shape index (κ2) is 8.47. The van der Waals surface area contributed by atoms with Crippen LogP contribution in [-0.4, -0.2) is 36.7 Å². The molecule has 1 amide bonds. The highest BCUT2D eigenvalue weighted by Gasteiger charge is 2.16. The van der Waals surface area contributed by atoms with Crippen LogP contribution in [0, 0.1) is 0 Å². The van der Waals surface area contributed by atoms with Gasteiger partial charge in [-0.1, -0.05) is 24.3 Å². The van der Waals surface area contributed by atoms with Crippen LogP contribution >= 0.6 is 0 Å². The fourth-order valence-electron chi connectivity index (χ4n) is 2.62. The van der Waals surface area contributed by atoms with Crippen LogP contribution in [0.4, 0.5) is 5.69 Å². The van der Waals surface area contributed by atoms with Gasteiger partial charge in [-0.15, -0.1) is 0 Å². The van der Waals surface area contributed by atoms with Gasteiger partial charge in [0.1, 0.15) is 5.75 Å². The molecule has 0 aliphatic heterocycles. The normalized spacial score (nSPS) is 12.0. The number of methoxy groups -OCH3 is 1. The standard InChI is InChI=1S/C19H24N2O3/c1-14(23)20-17-8-4-15(5-9-17)12-21(2)19(13-22)16-6-10-18(24-3)11-7-16/h4-11,19,22H,12-13H2,1-3H3,(H,20,23). The van der Waals surface area contributed by atoms with E-state index in [1.165, 1.54) is 6.92 Å². The summed E-state index contributed by atoms with van der Waals surface area (Å²) in [5, 5.41) is 12.5. The monoisotopic (exact) mass is 328 g/mol. The molecule has 0 aromatic heterocycles. The molecule has 1 atom stereocenters. The first-order valence-corrected chi connectivity index (χ1v) is 7.85. The number of likely N-dealkylation sites (N-methyl/N-ethyl adjacent to an activating group) is 1. The molecule has 0 aliphatic rings. The third-order valence-corrected chi connectivity index (χ3v) is 3.91. The van der Waals surface area contributed by atoms with E-state index in [9.17, 15) is 9.90 Å². The number of anilines is 1. The average molecular weight is 328 g/mol. The van der Waals surface area contributed by atoms with Gasteiger partial charge in [-0.05, 0) is 42.4 Å². The molecule has 0 radical (unpaired) electrons. The number of benzene rings is 2. The maximum atomic E-state index is 11.1. The SMILES string of the molecule is COc1ccc(C(CO)N(C)Cc2ccc(NC(C)=O)cc2)cc1.